The van der Waals surface area contributed by atoms with Gasteiger partial charge in [0.1, 0.15) is 5.82 Å². The quantitative estimate of drug-likeness (QED) is 0.882. The van der Waals surface area contributed by atoms with Crippen LogP contribution in [0.15, 0.2) is 12.4 Å². The molecule has 20 heavy (non-hydrogen) atoms. The molecule has 108 valence electrons. The first-order valence-corrected chi connectivity index (χ1v) is 7.46. The van der Waals surface area contributed by atoms with Crippen LogP contribution in [0.5, 0.6) is 0 Å². The van der Waals surface area contributed by atoms with E-state index in [1.165, 1.54) is 0 Å². The second-order valence-electron chi connectivity index (χ2n) is 6.05. The average Bonchev–Trinajstić information content (AvgIpc) is 2.67. The second-order valence-corrected chi connectivity index (χ2v) is 6.05. The molecule has 2 fully saturated rings. The van der Waals surface area contributed by atoms with Crippen molar-refractivity contribution in [2.75, 3.05) is 19.6 Å². The molecule has 0 aromatic carbocycles. The van der Waals surface area contributed by atoms with Crippen molar-refractivity contribution in [2.24, 2.45) is 5.41 Å². The van der Waals surface area contributed by atoms with E-state index < -0.39 is 0 Å². The van der Waals surface area contributed by atoms with Crippen molar-refractivity contribution >= 4 is 5.91 Å². The topological polar surface area (TPSA) is 58.1 Å². The molecule has 0 bridgehead atoms. The van der Waals surface area contributed by atoms with Gasteiger partial charge in [0.05, 0.1) is 5.41 Å². The van der Waals surface area contributed by atoms with Gasteiger partial charge in [-0.1, -0.05) is 0 Å². The summed E-state index contributed by atoms with van der Waals surface area (Å²) >= 11 is 0. The summed E-state index contributed by atoms with van der Waals surface area (Å²) in [6, 6.07) is 0. The highest BCUT2D eigenvalue weighted by atomic mass is 16.2. The van der Waals surface area contributed by atoms with Crippen LogP contribution in [0.3, 0.4) is 0 Å². The van der Waals surface area contributed by atoms with E-state index >= 15 is 0 Å². The maximum atomic E-state index is 12.1. The number of hydrogen-bond acceptors (Lipinski definition) is 4. The van der Waals surface area contributed by atoms with Crippen molar-refractivity contribution in [3.05, 3.63) is 23.8 Å². The summed E-state index contributed by atoms with van der Waals surface area (Å²) in [5.74, 6) is 1.09. The third-order valence-electron chi connectivity index (χ3n) is 4.65. The van der Waals surface area contributed by atoms with Crippen LogP contribution in [0.25, 0.3) is 0 Å². The van der Waals surface area contributed by atoms with Crippen LogP contribution in [0.1, 0.15) is 37.1 Å². The molecule has 0 aliphatic carbocycles. The van der Waals surface area contributed by atoms with Gasteiger partial charge in [-0.25, -0.2) is 9.97 Å². The lowest BCUT2D eigenvalue weighted by Crippen LogP contribution is -2.32. The number of nitrogens with zero attached hydrogens (tertiary/aromatic N) is 3. The number of carbonyl (C=O) groups is 1. The Morgan fingerprint density at radius 1 is 1.25 bits per heavy atom. The average molecular weight is 274 g/mol. The van der Waals surface area contributed by atoms with Gasteiger partial charge >= 0.3 is 0 Å². The molecular formula is C15H22N4O. The first-order chi connectivity index (χ1) is 9.68. The Hall–Kier alpha value is -1.49. The largest absolute Gasteiger partial charge is 0.356 e. The van der Waals surface area contributed by atoms with E-state index in [1.54, 1.807) is 0 Å². The Morgan fingerprint density at radius 3 is 2.75 bits per heavy atom. The zero-order valence-corrected chi connectivity index (χ0v) is 12.1. The van der Waals surface area contributed by atoms with Gasteiger partial charge in [0.2, 0.25) is 5.91 Å². The third-order valence-corrected chi connectivity index (χ3v) is 4.65. The maximum absolute atomic E-state index is 12.1. The normalized spacial score (nSPS) is 27.6. The number of likely N-dealkylation sites (tertiary alicyclic amines) is 1. The molecule has 0 saturated carbocycles. The SMILES string of the molecule is Cc1ncc(CN2CCC[C@@]3(CCNC3=O)CC2)cn1. The van der Waals surface area contributed by atoms with Crippen LogP contribution in [0, 0.1) is 12.3 Å². The molecule has 1 atom stereocenters. The molecule has 1 aromatic rings. The number of carbonyl (C=O) groups excluding carboxylic acids is 1. The highest BCUT2D eigenvalue weighted by Gasteiger charge is 2.42. The Morgan fingerprint density at radius 2 is 2.05 bits per heavy atom. The molecule has 3 rings (SSSR count). The van der Waals surface area contributed by atoms with Crippen molar-refractivity contribution in [3.8, 4) is 0 Å². The van der Waals surface area contributed by atoms with Gasteiger partial charge < -0.3 is 5.32 Å². The highest BCUT2D eigenvalue weighted by Crippen LogP contribution is 2.38. The van der Waals surface area contributed by atoms with E-state index in [9.17, 15) is 4.79 Å². The minimum Gasteiger partial charge on any atom is -0.356 e. The van der Waals surface area contributed by atoms with E-state index in [0.29, 0.717) is 0 Å². The fourth-order valence-corrected chi connectivity index (χ4v) is 3.36. The van der Waals surface area contributed by atoms with E-state index in [0.717, 1.165) is 63.3 Å². The van der Waals surface area contributed by atoms with Gasteiger partial charge in [-0.15, -0.1) is 0 Å². The van der Waals surface area contributed by atoms with E-state index in [4.69, 9.17) is 0 Å². The summed E-state index contributed by atoms with van der Waals surface area (Å²) in [5.41, 5.74) is 1.07. The van der Waals surface area contributed by atoms with Gasteiger partial charge in [0.15, 0.2) is 0 Å². The molecule has 3 heterocycles. The number of rotatable bonds is 2. The standard InChI is InChI=1S/C15H22N4O/c1-12-17-9-13(10-18-12)11-19-7-2-3-15(5-8-19)4-6-16-14(15)20/h9-10H,2-8,11H2,1H3,(H,16,20)/t15-/m1/s1. The van der Waals surface area contributed by atoms with Gasteiger partial charge in [-0.3, -0.25) is 9.69 Å². The highest BCUT2D eigenvalue weighted by molar-refractivity contribution is 5.84. The lowest BCUT2D eigenvalue weighted by Gasteiger charge is -2.24. The van der Waals surface area contributed by atoms with Crippen molar-refractivity contribution in [1.29, 1.82) is 0 Å². The van der Waals surface area contributed by atoms with Crippen LogP contribution in [0.2, 0.25) is 0 Å². The van der Waals surface area contributed by atoms with Gasteiger partial charge in [-0.05, 0) is 45.7 Å². The van der Waals surface area contributed by atoms with Gasteiger partial charge in [-0.2, -0.15) is 0 Å². The van der Waals surface area contributed by atoms with Crippen molar-refractivity contribution < 1.29 is 4.79 Å². The fourth-order valence-electron chi connectivity index (χ4n) is 3.36. The first-order valence-electron chi connectivity index (χ1n) is 7.46. The van der Waals surface area contributed by atoms with Crippen molar-refractivity contribution in [3.63, 3.8) is 0 Å². The van der Waals surface area contributed by atoms with E-state index in [-0.39, 0.29) is 11.3 Å². The van der Waals surface area contributed by atoms with Crippen molar-refractivity contribution in [1.82, 2.24) is 20.2 Å². The van der Waals surface area contributed by atoms with E-state index in [1.807, 2.05) is 19.3 Å². The molecule has 2 aliphatic heterocycles. The van der Waals surface area contributed by atoms with Crippen LogP contribution >= 0.6 is 0 Å². The zero-order valence-electron chi connectivity index (χ0n) is 12.1. The molecular weight excluding hydrogens is 252 g/mol. The summed E-state index contributed by atoms with van der Waals surface area (Å²) in [5, 5.41) is 3.00. The lowest BCUT2D eigenvalue weighted by atomic mass is 9.79. The summed E-state index contributed by atoms with van der Waals surface area (Å²) < 4.78 is 0. The molecule has 5 nitrogen and oxygen atoms in total. The summed E-state index contributed by atoms with van der Waals surface area (Å²) in [6.07, 6.45) is 7.93. The summed E-state index contributed by atoms with van der Waals surface area (Å²) in [4.78, 5) is 23.0. The van der Waals surface area contributed by atoms with Gasteiger partial charge in [0.25, 0.3) is 0 Å². The van der Waals surface area contributed by atoms with Crippen LogP contribution in [-0.4, -0.2) is 40.4 Å². The summed E-state index contributed by atoms with van der Waals surface area (Å²) in [6.45, 7) is 5.69. The molecule has 1 aromatic heterocycles. The van der Waals surface area contributed by atoms with Crippen LogP contribution < -0.4 is 5.32 Å². The predicted molar refractivity (Wildman–Crippen MR) is 76.0 cm³/mol. The molecule has 1 spiro atoms. The molecule has 2 saturated heterocycles. The zero-order chi connectivity index (χ0) is 14.0. The van der Waals surface area contributed by atoms with Crippen molar-refractivity contribution in [2.45, 2.75) is 39.2 Å². The first kappa shape index (κ1) is 13.5. The number of aromatic nitrogens is 2. The molecule has 0 unspecified atom stereocenters. The molecule has 0 radical (unpaired) electrons. The minimum atomic E-state index is -0.0848. The minimum absolute atomic E-state index is 0.0848. The number of nitrogens with one attached hydrogen (secondary N) is 1. The fraction of sp³-hybridized carbons (Fsp3) is 0.667. The van der Waals surface area contributed by atoms with Crippen LogP contribution in [0.4, 0.5) is 0 Å². The Bertz CT molecular complexity index is 487. The predicted octanol–water partition coefficient (Wildman–Crippen LogP) is 1.28. The monoisotopic (exact) mass is 274 g/mol. The van der Waals surface area contributed by atoms with Gasteiger partial charge in [0, 0.05) is 31.0 Å². The summed E-state index contributed by atoms with van der Waals surface area (Å²) in [7, 11) is 0. The molecule has 5 heteroatoms. The lowest BCUT2D eigenvalue weighted by molar-refractivity contribution is -0.128. The Balaban J connectivity index is 1.62. The van der Waals surface area contributed by atoms with E-state index in [2.05, 4.69) is 20.2 Å². The number of aryl methyl sites for hydroxylation is 1. The smallest absolute Gasteiger partial charge is 0.226 e. The second kappa shape index (κ2) is 5.48. The number of hydrogen-bond donors (Lipinski definition) is 1. The molecule has 1 N–H and O–H groups in total. The van der Waals surface area contributed by atoms with Crippen LogP contribution in [-0.2, 0) is 11.3 Å². The Kier molecular flexibility index (Phi) is 3.70. The molecule has 2 aliphatic rings. The molecule has 1 amide bonds. The Labute approximate surface area is 119 Å². The third kappa shape index (κ3) is 2.68. The maximum Gasteiger partial charge on any atom is 0.226 e. The number of amides is 1.